The SMILES string of the molecule is CCN(c1ccccc1)C(Cc1ccc(OCCO/N=C(\C)c2ccc(-c3ccccc3)cc2)cc1)C(=O)O. The first-order chi connectivity index (χ1) is 19.0. The van der Waals surface area contributed by atoms with E-state index in [-0.39, 0.29) is 0 Å². The molecule has 0 spiro atoms. The Morgan fingerprint density at radius 3 is 2.05 bits per heavy atom. The number of rotatable bonds is 13. The molecular weight excluding hydrogens is 488 g/mol. The first kappa shape index (κ1) is 27.5. The number of carboxylic acid groups (broad SMARTS) is 1. The average molecular weight is 523 g/mol. The lowest BCUT2D eigenvalue weighted by atomic mass is 10.0. The first-order valence-electron chi connectivity index (χ1n) is 13.1. The highest BCUT2D eigenvalue weighted by atomic mass is 16.6. The summed E-state index contributed by atoms with van der Waals surface area (Å²) in [6, 6.07) is 35.0. The maximum absolute atomic E-state index is 12.1. The molecule has 1 N–H and O–H groups in total. The Balaban J connectivity index is 1.25. The number of ether oxygens (including phenoxy) is 1. The Kier molecular flexibility index (Phi) is 9.73. The minimum Gasteiger partial charge on any atom is -0.490 e. The molecule has 0 aliphatic rings. The van der Waals surface area contributed by atoms with E-state index in [1.165, 1.54) is 5.56 Å². The Bertz CT molecular complexity index is 1340. The normalized spacial score (nSPS) is 12.0. The van der Waals surface area contributed by atoms with Crippen molar-refractivity contribution in [3.63, 3.8) is 0 Å². The molecule has 6 heteroatoms. The minimum absolute atomic E-state index is 0.310. The van der Waals surface area contributed by atoms with Crippen LogP contribution in [0.15, 0.2) is 114 Å². The third kappa shape index (κ3) is 7.71. The van der Waals surface area contributed by atoms with Gasteiger partial charge in [0.2, 0.25) is 0 Å². The summed E-state index contributed by atoms with van der Waals surface area (Å²) in [6.45, 7) is 5.14. The van der Waals surface area contributed by atoms with Crippen LogP contribution >= 0.6 is 0 Å². The molecule has 4 aromatic rings. The summed E-state index contributed by atoms with van der Waals surface area (Å²) in [4.78, 5) is 19.4. The second-order valence-corrected chi connectivity index (χ2v) is 9.13. The summed E-state index contributed by atoms with van der Waals surface area (Å²) in [5.41, 5.74) is 5.96. The fraction of sp³-hybridized carbons (Fsp3) is 0.212. The van der Waals surface area contributed by atoms with Gasteiger partial charge >= 0.3 is 5.97 Å². The van der Waals surface area contributed by atoms with Gasteiger partial charge in [0, 0.05) is 18.7 Å². The Morgan fingerprint density at radius 2 is 1.44 bits per heavy atom. The van der Waals surface area contributed by atoms with Gasteiger partial charge in [-0.25, -0.2) is 4.79 Å². The third-order valence-corrected chi connectivity index (χ3v) is 6.50. The van der Waals surface area contributed by atoms with Crippen molar-refractivity contribution in [2.75, 3.05) is 24.7 Å². The number of carboxylic acids is 1. The van der Waals surface area contributed by atoms with Gasteiger partial charge in [0.1, 0.15) is 18.4 Å². The Labute approximate surface area is 230 Å². The van der Waals surface area contributed by atoms with Gasteiger partial charge in [0.05, 0.1) is 5.71 Å². The number of para-hydroxylation sites is 1. The number of oxime groups is 1. The zero-order chi connectivity index (χ0) is 27.5. The number of aliphatic carboxylic acids is 1. The monoisotopic (exact) mass is 522 g/mol. The maximum atomic E-state index is 12.1. The summed E-state index contributed by atoms with van der Waals surface area (Å²) < 4.78 is 5.78. The molecule has 1 unspecified atom stereocenters. The lowest BCUT2D eigenvalue weighted by Crippen LogP contribution is -2.42. The van der Waals surface area contributed by atoms with E-state index in [9.17, 15) is 9.90 Å². The average Bonchev–Trinajstić information content (AvgIpc) is 2.98. The van der Waals surface area contributed by atoms with Crippen LogP contribution in [0, 0.1) is 0 Å². The van der Waals surface area contributed by atoms with E-state index >= 15 is 0 Å². The van der Waals surface area contributed by atoms with Gasteiger partial charge in [0.25, 0.3) is 0 Å². The van der Waals surface area contributed by atoms with Crippen LogP contribution in [0.3, 0.4) is 0 Å². The van der Waals surface area contributed by atoms with E-state index in [1.807, 2.05) is 104 Å². The van der Waals surface area contributed by atoms with Crippen LogP contribution < -0.4 is 9.64 Å². The van der Waals surface area contributed by atoms with Crippen LogP contribution in [0.1, 0.15) is 25.0 Å². The van der Waals surface area contributed by atoms with Gasteiger partial charge in [-0.1, -0.05) is 90.1 Å². The Hall–Kier alpha value is -4.58. The molecule has 0 saturated carbocycles. The molecule has 0 aliphatic carbocycles. The fourth-order valence-electron chi connectivity index (χ4n) is 4.40. The van der Waals surface area contributed by atoms with Gasteiger partial charge in [-0.3, -0.25) is 0 Å². The molecule has 0 aliphatic heterocycles. The largest absolute Gasteiger partial charge is 0.490 e. The lowest BCUT2D eigenvalue weighted by molar-refractivity contribution is -0.138. The van der Waals surface area contributed by atoms with Gasteiger partial charge < -0.3 is 19.6 Å². The predicted octanol–water partition coefficient (Wildman–Crippen LogP) is 6.70. The van der Waals surface area contributed by atoms with E-state index in [1.54, 1.807) is 0 Å². The maximum Gasteiger partial charge on any atom is 0.326 e. The highest BCUT2D eigenvalue weighted by Gasteiger charge is 2.25. The van der Waals surface area contributed by atoms with Crippen LogP contribution in [0.4, 0.5) is 5.69 Å². The third-order valence-electron chi connectivity index (χ3n) is 6.50. The number of anilines is 1. The standard InChI is InChI=1S/C33H34N2O4/c1-3-35(30-12-8-5-9-13-30)32(33(36)37)24-26-14-20-31(21-15-26)38-22-23-39-34-25(2)27-16-18-29(19-17-27)28-10-6-4-7-11-28/h4-21,32H,3,22-24H2,1-2H3,(H,36,37)/b34-25+. The number of likely N-dealkylation sites (N-methyl/N-ethyl adjacent to an activating group) is 1. The van der Waals surface area contributed by atoms with Crippen molar-refractivity contribution < 1.29 is 19.5 Å². The smallest absolute Gasteiger partial charge is 0.326 e. The van der Waals surface area contributed by atoms with Gasteiger partial charge in [-0.2, -0.15) is 0 Å². The molecule has 0 bridgehead atoms. The van der Waals surface area contributed by atoms with Crippen molar-refractivity contribution in [2.24, 2.45) is 5.16 Å². The predicted molar refractivity (Wildman–Crippen MR) is 157 cm³/mol. The summed E-state index contributed by atoms with van der Waals surface area (Å²) >= 11 is 0. The molecule has 0 fully saturated rings. The topological polar surface area (TPSA) is 71.4 Å². The molecule has 39 heavy (non-hydrogen) atoms. The van der Waals surface area contributed by atoms with E-state index < -0.39 is 12.0 Å². The van der Waals surface area contributed by atoms with Gasteiger partial charge in [-0.15, -0.1) is 0 Å². The number of hydrogen-bond donors (Lipinski definition) is 1. The van der Waals surface area contributed by atoms with E-state index in [0.717, 1.165) is 28.1 Å². The number of benzene rings is 4. The molecule has 4 rings (SSSR count). The highest BCUT2D eigenvalue weighted by molar-refractivity contribution is 5.98. The molecule has 4 aromatic carbocycles. The zero-order valence-electron chi connectivity index (χ0n) is 22.4. The van der Waals surface area contributed by atoms with Crippen molar-refractivity contribution in [3.05, 3.63) is 120 Å². The quantitative estimate of drug-likeness (QED) is 0.120. The lowest BCUT2D eigenvalue weighted by Gasteiger charge is -2.30. The molecule has 0 radical (unpaired) electrons. The molecule has 200 valence electrons. The molecule has 0 amide bonds. The van der Waals surface area contributed by atoms with E-state index in [0.29, 0.717) is 31.9 Å². The summed E-state index contributed by atoms with van der Waals surface area (Å²) in [6.07, 6.45) is 0.391. The van der Waals surface area contributed by atoms with E-state index in [2.05, 4.69) is 29.4 Å². The minimum atomic E-state index is -0.846. The molecule has 0 heterocycles. The second kappa shape index (κ2) is 13.8. The van der Waals surface area contributed by atoms with Crippen LogP contribution in [-0.4, -0.2) is 42.6 Å². The molecular formula is C33H34N2O4. The van der Waals surface area contributed by atoms with Crippen molar-refractivity contribution >= 4 is 17.4 Å². The van der Waals surface area contributed by atoms with Crippen molar-refractivity contribution in [1.82, 2.24) is 0 Å². The van der Waals surface area contributed by atoms with Crippen molar-refractivity contribution in [3.8, 4) is 16.9 Å². The molecule has 1 atom stereocenters. The van der Waals surface area contributed by atoms with Crippen LogP contribution in [-0.2, 0) is 16.1 Å². The van der Waals surface area contributed by atoms with Crippen LogP contribution in [0.2, 0.25) is 0 Å². The van der Waals surface area contributed by atoms with Crippen molar-refractivity contribution in [1.29, 1.82) is 0 Å². The zero-order valence-corrected chi connectivity index (χ0v) is 22.4. The summed E-state index contributed by atoms with van der Waals surface area (Å²) in [7, 11) is 0. The fourth-order valence-corrected chi connectivity index (χ4v) is 4.40. The molecule has 0 saturated heterocycles. The highest BCUT2D eigenvalue weighted by Crippen LogP contribution is 2.21. The van der Waals surface area contributed by atoms with Gasteiger partial charge in [-0.05, 0) is 60.4 Å². The molecule has 6 nitrogen and oxygen atoms in total. The Morgan fingerprint density at radius 1 is 0.821 bits per heavy atom. The van der Waals surface area contributed by atoms with Crippen LogP contribution in [0.25, 0.3) is 11.1 Å². The summed E-state index contributed by atoms with van der Waals surface area (Å²) in [5.74, 6) is -0.150. The first-order valence-corrected chi connectivity index (χ1v) is 13.1. The number of hydrogen-bond acceptors (Lipinski definition) is 5. The molecule has 0 aromatic heterocycles. The van der Waals surface area contributed by atoms with Crippen LogP contribution in [0.5, 0.6) is 5.75 Å². The summed E-state index contributed by atoms with van der Waals surface area (Å²) in [5, 5.41) is 14.1. The number of nitrogens with zero attached hydrogens (tertiary/aromatic N) is 2. The second-order valence-electron chi connectivity index (χ2n) is 9.13. The van der Waals surface area contributed by atoms with E-state index in [4.69, 9.17) is 9.57 Å². The number of carbonyl (C=O) groups is 1. The van der Waals surface area contributed by atoms with Gasteiger partial charge in [0.15, 0.2) is 6.61 Å². The van der Waals surface area contributed by atoms with Crippen molar-refractivity contribution in [2.45, 2.75) is 26.3 Å².